The zero-order valence-electron chi connectivity index (χ0n) is 11.1. The summed E-state index contributed by atoms with van der Waals surface area (Å²) in [7, 11) is 0. The Hall–Kier alpha value is 0.250. The molecule has 0 bridgehead atoms. The van der Waals surface area contributed by atoms with Crippen LogP contribution in [0.3, 0.4) is 0 Å². The minimum Gasteiger partial charge on any atom is -0.300 e. The number of halogens is 1. The first-order valence-electron chi connectivity index (χ1n) is 7.04. The lowest BCUT2D eigenvalue weighted by atomic mass is 10.1. The van der Waals surface area contributed by atoms with E-state index >= 15 is 0 Å². The van der Waals surface area contributed by atoms with Crippen LogP contribution in [0, 0.1) is 5.92 Å². The summed E-state index contributed by atoms with van der Waals surface area (Å²) in [5.41, 5.74) is 0. The fraction of sp³-hybridized carbons (Fsp3) is 1.00. The van der Waals surface area contributed by atoms with Gasteiger partial charge in [0.25, 0.3) is 0 Å². The van der Waals surface area contributed by atoms with Gasteiger partial charge in [0.05, 0.1) is 0 Å². The van der Waals surface area contributed by atoms with Crippen molar-refractivity contribution in [3.05, 3.63) is 0 Å². The molecular weight excluding hydrogens is 218 g/mol. The highest BCUT2D eigenvalue weighted by atomic mass is 35.5. The zero-order chi connectivity index (χ0) is 11.8. The summed E-state index contributed by atoms with van der Waals surface area (Å²) in [6.45, 7) is 7.29. The van der Waals surface area contributed by atoms with Crippen LogP contribution in [0.4, 0.5) is 0 Å². The van der Waals surface area contributed by atoms with Crippen LogP contribution in [-0.4, -0.2) is 29.9 Å². The second-order valence-corrected chi connectivity index (χ2v) is 5.93. The molecule has 1 nitrogen and oxygen atoms in total. The second-order valence-electron chi connectivity index (χ2n) is 5.55. The monoisotopic (exact) mass is 245 g/mol. The largest absolute Gasteiger partial charge is 0.300 e. The molecule has 0 atom stereocenters. The average molecular weight is 246 g/mol. The Morgan fingerprint density at radius 1 is 1.06 bits per heavy atom. The maximum absolute atomic E-state index is 5.68. The van der Waals surface area contributed by atoms with Crippen molar-refractivity contribution < 1.29 is 0 Å². The summed E-state index contributed by atoms with van der Waals surface area (Å²) in [5, 5.41) is 0. The summed E-state index contributed by atoms with van der Waals surface area (Å²) < 4.78 is 0. The predicted molar refractivity (Wildman–Crippen MR) is 73.2 cm³/mol. The molecular formula is C14H28ClN. The minimum absolute atomic E-state index is 0.833. The SMILES string of the molecule is CC(C)CCN(CCCCCCCl)C1CC1. The molecule has 0 aromatic carbocycles. The van der Waals surface area contributed by atoms with Crippen molar-refractivity contribution in [1.29, 1.82) is 0 Å². The van der Waals surface area contributed by atoms with Crippen LogP contribution in [0.5, 0.6) is 0 Å². The molecule has 1 aliphatic carbocycles. The van der Waals surface area contributed by atoms with Crippen molar-refractivity contribution in [2.75, 3.05) is 19.0 Å². The van der Waals surface area contributed by atoms with E-state index in [1.165, 1.54) is 58.0 Å². The molecule has 0 N–H and O–H groups in total. The van der Waals surface area contributed by atoms with Gasteiger partial charge in [0, 0.05) is 11.9 Å². The van der Waals surface area contributed by atoms with Crippen molar-refractivity contribution >= 4 is 11.6 Å². The summed E-state index contributed by atoms with van der Waals surface area (Å²) in [6, 6.07) is 0.937. The molecule has 96 valence electrons. The van der Waals surface area contributed by atoms with E-state index in [1.807, 2.05) is 0 Å². The highest BCUT2D eigenvalue weighted by Crippen LogP contribution is 2.27. The summed E-state index contributed by atoms with van der Waals surface area (Å²) >= 11 is 5.68. The lowest BCUT2D eigenvalue weighted by molar-refractivity contribution is 0.242. The third-order valence-electron chi connectivity index (χ3n) is 3.39. The van der Waals surface area contributed by atoms with Crippen LogP contribution in [0.15, 0.2) is 0 Å². The van der Waals surface area contributed by atoms with Crippen LogP contribution < -0.4 is 0 Å². The average Bonchev–Trinajstić information content (AvgIpc) is 3.05. The molecule has 1 aliphatic rings. The highest BCUT2D eigenvalue weighted by Gasteiger charge is 2.27. The van der Waals surface area contributed by atoms with Gasteiger partial charge in [-0.05, 0) is 51.1 Å². The van der Waals surface area contributed by atoms with E-state index in [0.29, 0.717) is 0 Å². The summed E-state index contributed by atoms with van der Waals surface area (Å²) in [4.78, 5) is 2.72. The minimum atomic E-state index is 0.833. The molecule has 0 unspecified atom stereocenters. The van der Waals surface area contributed by atoms with Gasteiger partial charge < -0.3 is 4.90 Å². The van der Waals surface area contributed by atoms with E-state index < -0.39 is 0 Å². The van der Waals surface area contributed by atoms with E-state index in [2.05, 4.69) is 18.7 Å². The van der Waals surface area contributed by atoms with Gasteiger partial charge in [0.2, 0.25) is 0 Å². The van der Waals surface area contributed by atoms with Crippen molar-refractivity contribution in [2.45, 2.75) is 64.8 Å². The van der Waals surface area contributed by atoms with Crippen molar-refractivity contribution in [3.8, 4) is 0 Å². The topological polar surface area (TPSA) is 3.24 Å². The number of hydrogen-bond donors (Lipinski definition) is 0. The third-order valence-corrected chi connectivity index (χ3v) is 3.65. The Balaban J connectivity index is 2.04. The third kappa shape index (κ3) is 6.75. The van der Waals surface area contributed by atoms with Gasteiger partial charge in [-0.25, -0.2) is 0 Å². The van der Waals surface area contributed by atoms with E-state index in [9.17, 15) is 0 Å². The van der Waals surface area contributed by atoms with Gasteiger partial charge in [-0.15, -0.1) is 11.6 Å². The Bertz CT molecular complexity index is 166. The smallest absolute Gasteiger partial charge is 0.0223 e. The fourth-order valence-corrected chi connectivity index (χ4v) is 2.29. The first-order chi connectivity index (χ1) is 7.74. The first-order valence-corrected chi connectivity index (χ1v) is 7.57. The zero-order valence-corrected chi connectivity index (χ0v) is 11.8. The quantitative estimate of drug-likeness (QED) is 0.410. The fourth-order valence-electron chi connectivity index (χ4n) is 2.10. The second kappa shape index (κ2) is 8.36. The first kappa shape index (κ1) is 14.3. The molecule has 1 saturated carbocycles. The number of alkyl halides is 1. The van der Waals surface area contributed by atoms with Crippen molar-refractivity contribution in [3.63, 3.8) is 0 Å². The molecule has 0 radical (unpaired) electrons. The van der Waals surface area contributed by atoms with E-state index in [0.717, 1.165) is 17.8 Å². The molecule has 1 fully saturated rings. The van der Waals surface area contributed by atoms with Crippen LogP contribution in [0.2, 0.25) is 0 Å². The standard InChI is InChI=1S/C14H28ClN/c1-13(2)9-12-16(14-7-8-14)11-6-4-3-5-10-15/h13-14H,3-12H2,1-2H3. The molecule has 0 aliphatic heterocycles. The number of unbranched alkanes of at least 4 members (excludes halogenated alkanes) is 3. The summed E-state index contributed by atoms with van der Waals surface area (Å²) in [6.07, 6.45) is 9.48. The number of hydrogen-bond acceptors (Lipinski definition) is 1. The molecule has 0 aromatic heterocycles. The molecule has 2 heteroatoms. The van der Waals surface area contributed by atoms with Gasteiger partial charge in [0.15, 0.2) is 0 Å². The van der Waals surface area contributed by atoms with E-state index in [-0.39, 0.29) is 0 Å². The molecule has 0 amide bonds. The highest BCUT2D eigenvalue weighted by molar-refractivity contribution is 6.17. The summed E-state index contributed by atoms with van der Waals surface area (Å²) in [5.74, 6) is 1.68. The maximum atomic E-state index is 5.68. The molecule has 0 aromatic rings. The van der Waals surface area contributed by atoms with Crippen LogP contribution in [0.1, 0.15) is 58.8 Å². The molecule has 16 heavy (non-hydrogen) atoms. The predicted octanol–water partition coefficient (Wildman–Crippen LogP) is 4.30. The van der Waals surface area contributed by atoms with Gasteiger partial charge >= 0.3 is 0 Å². The molecule has 0 spiro atoms. The Morgan fingerprint density at radius 2 is 1.75 bits per heavy atom. The molecule has 0 heterocycles. The van der Waals surface area contributed by atoms with E-state index in [4.69, 9.17) is 11.6 Å². The van der Waals surface area contributed by atoms with Gasteiger partial charge in [-0.1, -0.05) is 26.7 Å². The van der Waals surface area contributed by atoms with E-state index in [1.54, 1.807) is 0 Å². The van der Waals surface area contributed by atoms with Gasteiger partial charge in [-0.3, -0.25) is 0 Å². The number of rotatable bonds is 10. The molecule has 1 rings (SSSR count). The van der Waals surface area contributed by atoms with Gasteiger partial charge in [0.1, 0.15) is 0 Å². The maximum Gasteiger partial charge on any atom is 0.0223 e. The lowest BCUT2D eigenvalue weighted by Crippen LogP contribution is -2.29. The van der Waals surface area contributed by atoms with Gasteiger partial charge in [-0.2, -0.15) is 0 Å². The Morgan fingerprint density at radius 3 is 2.31 bits per heavy atom. The van der Waals surface area contributed by atoms with Crippen molar-refractivity contribution in [1.82, 2.24) is 4.90 Å². The van der Waals surface area contributed by atoms with Crippen LogP contribution >= 0.6 is 11.6 Å². The van der Waals surface area contributed by atoms with Crippen molar-refractivity contribution in [2.24, 2.45) is 5.92 Å². The molecule has 0 saturated heterocycles. The number of nitrogens with zero attached hydrogens (tertiary/aromatic N) is 1. The van der Waals surface area contributed by atoms with Crippen LogP contribution in [0.25, 0.3) is 0 Å². The Labute approximate surface area is 107 Å². The lowest BCUT2D eigenvalue weighted by Gasteiger charge is -2.22. The Kier molecular flexibility index (Phi) is 7.47. The van der Waals surface area contributed by atoms with Crippen LogP contribution in [-0.2, 0) is 0 Å². The normalized spacial score (nSPS) is 16.3.